The number of halogens is 1. The van der Waals surface area contributed by atoms with E-state index in [9.17, 15) is 23.3 Å². The number of nitro benzene ring substituents is 1. The van der Waals surface area contributed by atoms with Crippen LogP contribution in [-0.2, 0) is 10.0 Å². The Morgan fingerprint density at radius 3 is 2.41 bits per heavy atom. The smallest absolute Gasteiger partial charge is 0.269 e. The molecule has 0 amide bonds. The lowest BCUT2D eigenvalue weighted by molar-refractivity contribution is -0.384. The van der Waals surface area contributed by atoms with E-state index in [1.165, 1.54) is 57.1 Å². The SMILES string of the molecule is Cc1nn(C(=O)C2CCCN2S(=O)(=O)c2ccc(Cl)cc2)c(C)c1Sc1ccc([N+](=O)[O-])cc1. The van der Waals surface area contributed by atoms with E-state index in [4.69, 9.17) is 11.6 Å². The summed E-state index contributed by atoms with van der Waals surface area (Å²) in [5.74, 6) is -0.411. The topological polar surface area (TPSA) is 115 Å². The van der Waals surface area contributed by atoms with Crippen molar-refractivity contribution in [1.82, 2.24) is 14.1 Å². The largest absolute Gasteiger partial charge is 0.271 e. The Kier molecular flexibility index (Phi) is 6.81. The van der Waals surface area contributed by atoms with Crippen molar-refractivity contribution in [3.8, 4) is 0 Å². The van der Waals surface area contributed by atoms with E-state index in [1.54, 1.807) is 26.0 Å². The molecule has 0 bridgehead atoms. The van der Waals surface area contributed by atoms with Gasteiger partial charge in [-0.05, 0) is 63.1 Å². The third-order valence-corrected chi connectivity index (χ3v) is 9.09. The Hall–Kier alpha value is -2.73. The van der Waals surface area contributed by atoms with Crippen LogP contribution in [0, 0.1) is 24.0 Å². The fourth-order valence-electron chi connectivity index (χ4n) is 3.90. The number of nitro groups is 1. The lowest BCUT2D eigenvalue weighted by Gasteiger charge is -2.23. The van der Waals surface area contributed by atoms with Gasteiger partial charge in [0.15, 0.2) is 0 Å². The number of sulfonamides is 1. The first-order chi connectivity index (χ1) is 16.1. The minimum atomic E-state index is -3.88. The highest BCUT2D eigenvalue weighted by atomic mass is 35.5. The summed E-state index contributed by atoms with van der Waals surface area (Å²) in [6.07, 6.45) is 0.960. The summed E-state index contributed by atoms with van der Waals surface area (Å²) in [5.41, 5.74) is 1.19. The van der Waals surface area contributed by atoms with Crippen molar-refractivity contribution in [3.63, 3.8) is 0 Å². The molecule has 0 saturated carbocycles. The van der Waals surface area contributed by atoms with Crippen molar-refractivity contribution in [3.05, 3.63) is 75.1 Å². The van der Waals surface area contributed by atoms with Gasteiger partial charge in [0, 0.05) is 28.6 Å². The zero-order valence-corrected chi connectivity index (χ0v) is 20.7. The summed E-state index contributed by atoms with van der Waals surface area (Å²) in [4.78, 5) is 25.4. The molecule has 1 aromatic heterocycles. The summed E-state index contributed by atoms with van der Waals surface area (Å²) >= 11 is 7.23. The molecule has 1 aliphatic rings. The molecular weight excluding hydrogens is 500 g/mol. The second-order valence-electron chi connectivity index (χ2n) is 7.83. The molecule has 1 aliphatic heterocycles. The number of hydrogen-bond acceptors (Lipinski definition) is 7. The number of carbonyl (C=O) groups is 1. The van der Waals surface area contributed by atoms with E-state index < -0.39 is 26.9 Å². The fourth-order valence-corrected chi connectivity index (χ4v) is 6.61. The maximum absolute atomic E-state index is 13.4. The maximum atomic E-state index is 13.4. The van der Waals surface area contributed by atoms with Crippen LogP contribution < -0.4 is 0 Å². The predicted molar refractivity (Wildman–Crippen MR) is 128 cm³/mol. The molecule has 4 rings (SSSR count). The van der Waals surface area contributed by atoms with Crippen LogP contribution in [0.1, 0.15) is 29.0 Å². The summed E-state index contributed by atoms with van der Waals surface area (Å²) in [6.45, 7) is 3.76. The zero-order valence-electron chi connectivity index (χ0n) is 18.3. The van der Waals surface area contributed by atoms with Gasteiger partial charge in [-0.25, -0.2) is 13.1 Å². The van der Waals surface area contributed by atoms with E-state index in [0.29, 0.717) is 29.3 Å². The summed E-state index contributed by atoms with van der Waals surface area (Å²) < 4.78 is 28.9. The van der Waals surface area contributed by atoms with Crippen molar-refractivity contribution in [2.75, 3.05) is 6.54 Å². The molecule has 9 nitrogen and oxygen atoms in total. The second kappa shape index (κ2) is 9.49. The Morgan fingerprint density at radius 1 is 1.15 bits per heavy atom. The maximum Gasteiger partial charge on any atom is 0.269 e. The third-order valence-electron chi connectivity index (χ3n) is 5.61. The van der Waals surface area contributed by atoms with Gasteiger partial charge in [0.2, 0.25) is 10.0 Å². The molecule has 12 heteroatoms. The van der Waals surface area contributed by atoms with Crippen LogP contribution in [0.3, 0.4) is 0 Å². The molecule has 1 unspecified atom stereocenters. The van der Waals surface area contributed by atoms with E-state index in [2.05, 4.69) is 5.10 Å². The monoisotopic (exact) mass is 520 g/mol. The molecule has 3 aromatic rings. The molecular formula is C22H21ClN4O5S2. The van der Waals surface area contributed by atoms with E-state index in [-0.39, 0.29) is 17.1 Å². The highest BCUT2D eigenvalue weighted by molar-refractivity contribution is 7.99. The van der Waals surface area contributed by atoms with Gasteiger partial charge >= 0.3 is 0 Å². The van der Waals surface area contributed by atoms with Crippen molar-refractivity contribution < 1.29 is 18.1 Å². The molecule has 0 radical (unpaired) electrons. The number of nitrogens with zero attached hydrogens (tertiary/aromatic N) is 4. The van der Waals surface area contributed by atoms with Gasteiger partial charge in [-0.15, -0.1) is 0 Å². The number of rotatable bonds is 6. The fraction of sp³-hybridized carbons (Fsp3) is 0.273. The summed E-state index contributed by atoms with van der Waals surface area (Å²) in [6, 6.07) is 11.1. The molecule has 0 N–H and O–H groups in total. The first-order valence-corrected chi connectivity index (χ1v) is 13.0. The van der Waals surface area contributed by atoms with Gasteiger partial charge in [-0.3, -0.25) is 14.9 Å². The lowest BCUT2D eigenvalue weighted by Crippen LogP contribution is -2.43. The van der Waals surface area contributed by atoms with Gasteiger partial charge < -0.3 is 0 Å². The molecule has 1 atom stereocenters. The molecule has 1 saturated heterocycles. The second-order valence-corrected chi connectivity index (χ2v) is 11.2. The normalized spacial score (nSPS) is 16.6. The Morgan fingerprint density at radius 2 is 1.79 bits per heavy atom. The highest BCUT2D eigenvalue weighted by Crippen LogP contribution is 2.35. The van der Waals surface area contributed by atoms with Crippen LogP contribution in [-0.4, -0.2) is 45.9 Å². The van der Waals surface area contributed by atoms with E-state index >= 15 is 0 Å². The van der Waals surface area contributed by atoms with Crippen molar-refractivity contribution >= 4 is 45.0 Å². The lowest BCUT2D eigenvalue weighted by atomic mass is 10.2. The van der Waals surface area contributed by atoms with Crippen molar-refractivity contribution in [1.29, 1.82) is 0 Å². The first kappa shape index (κ1) is 24.4. The molecule has 34 heavy (non-hydrogen) atoms. The summed E-state index contributed by atoms with van der Waals surface area (Å²) in [7, 11) is -3.88. The Labute approximate surface area is 205 Å². The number of carbonyl (C=O) groups excluding carboxylic acids is 1. The third kappa shape index (κ3) is 4.61. The van der Waals surface area contributed by atoms with Crippen LogP contribution in [0.15, 0.2) is 63.2 Å². The van der Waals surface area contributed by atoms with Gasteiger partial charge in [-0.2, -0.15) is 9.40 Å². The van der Waals surface area contributed by atoms with Crippen LogP contribution in [0.4, 0.5) is 5.69 Å². The number of hydrogen-bond donors (Lipinski definition) is 0. The van der Waals surface area contributed by atoms with Crippen LogP contribution in [0.5, 0.6) is 0 Å². The molecule has 2 aromatic carbocycles. The van der Waals surface area contributed by atoms with Gasteiger partial charge in [0.25, 0.3) is 11.6 Å². The zero-order chi connectivity index (χ0) is 24.6. The molecule has 0 aliphatic carbocycles. The van der Waals surface area contributed by atoms with Crippen LogP contribution >= 0.6 is 23.4 Å². The molecule has 2 heterocycles. The van der Waals surface area contributed by atoms with Crippen LogP contribution in [0.25, 0.3) is 0 Å². The standard InChI is InChI=1S/C22H21ClN4O5S2/c1-14-21(33-18-9-7-17(8-10-18)27(29)30)15(2)26(24-14)22(28)20-4-3-13-25(20)34(31,32)19-11-5-16(23)6-12-19/h5-12,20H,3-4,13H2,1-2H3. The van der Waals surface area contributed by atoms with Gasteiger partial charge in [0.1, 0.15) is 6.04 Å². The highest BCUT2D eigenvalue weighted by Gasteiger charge is 2.41. The quantitative estimate of drug-likeness (QED) is 0.341. The minimum Gasteiger partial charge on any atom is -0.271 e. The number of benzene rings is 2. The van der Waals surface area contributed by atoms with E-state index in [0.717, 1.165) is 9.79 Å². The average molecular weight is 521 g/mol. The van der Waals surface area contributed by atoms with Gasteiger partial charge in [0.05, 0.1) is 26.1 Å². The van der Waals surface area contributed by atoms with Crippen molar-refractivity contribution in [2.45, 2.75) is 47.4 Å². The first-order valence-electron chi connectivity index (χ1n) is 10.4. The number of non-ortho nitro benzene ring substituents is 1. The molecule has 1 fully saturated rings. The Bertz CT molecular complexity index is 1360. The minimum absolute atomic E-state index is 0.00751. The number of aryl methyl sites for hydroxylation is 1. The van der Waals surface area contributed by atoms with E-state index in [1.807, 2.05) is 0 Å². The predicted octanol–water partition coefficient (Wildman–Crippen LogP) is 4.71. The van der Waals surface area contributed by atoms with Crippen molar-refractivity contribution in [2.24, 2.45) is 0 Å². The number of aromatic nitrogens is 2. The Balaban J connectivity index is 1.60. The van der Waals surface area contributed by atoms with Crippen LogP contribution in [0.2, 0.25) is 5.02 Å². The summed E-state index contributed by atoms with van der Waals surface area (Å²) in [5, 5.41) is 15.7. The van der Waals surface area contributed by atoms with Gasteiger partial charge in [-0.1, -0.05) is 23.4 Å². The molecule has 178 valence electrons. The molecule has 0 spiro atoms. The average Bonchev–Trinajstić information content (AvgIpc) is 3.41.